The fourth-order valence-electron chi connectivity index (χ4n) is 1.66. The number of aromatic nitrogens is 2. The zero-order valence-electron chi connectivity index (χ0n) is 11.1. The van der Waals surface area contributed by atoms with Crippen LogP contribution in [0.5, 0.6) is 0 Å². The normalized spacial score (nSPS) is 11.1. The molecule has 1 aromatic carbocycles. The van der Waals surface area contributed by atoms with E-state index in [1.807, 2.05) is 24.3 Å². The van der Waals surface area contributed by atoms with Crippen molar-refractivity contribution in [2.45, 2.75) is 30.4 Å². The molecule has 2 aromatic rings. The smallest absolute Gasteiger partial charge is 0.264 e. The number of H-pyrrole nitrogens is 1. The number of nitrogens with one attached hydrogen (secondary N) is 1. The summed E-state index contributed by atoms with van der Waals surface area (Å²) in [4.78, 5) is 20.5. The summed E-state index contributed by atoms with van der Waals surface area (Å²) in [5.74, 6) is 1.64. The summed E-state index contributed by atoms with van der Waals surface area (Å²) in [6.45, 7) is 4.10. The van der Waals surface area contributed by atoms with Gasteiger partial charge in [-0.1, -0.05) is 29.8 Å². The molecule has 0 aliphatic heterocycles. The van der Waals surface area contributed by atoms with Gasteiger partial charge in [0.05, 0.1) is 15.0 Å². The minimum Gasteiger partial charge on any atom is -0.309 e. The molecule has 1 N–H and O–H groups in total. The first-order chi connectivity index (χ1) is 9.47. The molecule has 106 valence electrons. The summed E-state index contributed by atoms with van der Waals surface area (Å²) in [5, 5.41) is 0. The predicted molar refractivity (Wildman–Crippen MR) is 95.4 cm³/mol. The maximum Gasteiger partial charge on any atom is 0.264 e. The average Bonchev–Trinajstić information content (AvgIpc) is 2.41. The minimum absolute atomic E-state index is 0.0456. The van der Waals surface area contributed by atoms with Gasteiger partial charge in [-0.3, -0.25) is 4.79 Å². The van der Waals surface area contributed by atoms with Crippen molar-refractivity contribution in [3.8, 4) is 0 Å². The van der Waals surface area contributed by atoms with Crippen LogP contribution in [0.4, 0.5) is 0 Å². The summed E-state index contributed by atoms with van der Waals surface area (Å²) in [7, 11) is 0. The first kappa shape index (κ1) is 16.0. The van der Waals surface area contributed by atoms with E-state index in [-0.39, 0.29) is 11.5 Å². The van der Waals surface area contributed by atoms with Gasteiger partial charge in [0, 0.05) is 9.37 Å². The second kappa shape index (κ2) is 7.09. The molecule has 0 fully saturated rings. The molecule has 0 spiro atoms. The Morgan fingerprint density at radius 2 is 2.00 bits per heavy atom. The molecule has 0 saturated heterocycles. The van der Waals surface area contributed by atoms with E-state index in [2.05, 4.69) is 62.3 Å². The lowest BCUT2D eigenvalue weighted by atomic mass is 10.1. The zero-order chi connectivity index (χ0) is 14.7. The van der Waals surface area contributed by atoms with Crippen molar-refractivity contribution in [3.63, 3.8) is 0 Å². The largest absolute Gasteiger partial charge is 0.309 e. The highest BCUT2D eigenvalue weighted by Crippen LogP contribution is 2.24. The van der Waals surface area contributed by atoms with Crippen LogP contribution in [-0.2, 0) is 5.75 Å². The van der Waals surface area contributed by atoms with Gasteiger partial charge in [-0.2, -0.15) is 0 Å². The Morgan fingerprint density at radius 1 is 1.35 bits per heavy atom. The van der Waals surface area contributed by atoms with Crippen LogP contribution in [0.3, 0.4) is 0 Å². The zero-order valence-corrected chi connectivity index (χ0v) is 15.7. The summed E-state index contributed by atoms with van der Waals surface area (Å²) < 4.78 is 1.75. The van der Waals surface area contributed by atoms with Gasteiger partial charge < -0.3 is 4.98 Å². The number of nitrogens with zero attached hydrogens (tertiary/aromatic N) is 1. The highest BCUT2D eigenvalue weighted by Gasteiger charge is 2.12. The van der Waals surface area contributed by atoms with Gasteiger partial charge >= 0.3 is 0 Å². The molecule has 0 saturated carbocycles. The number of hydrogen-bond donors (Lipinski definition) is 1. The molecular formula is C14H14BrIN2OS. The third-order valence-electron chi connectivity index (χ3n) is 2.67. The molecule has 3 nitrogen and oxygen atoms in total. The maximum absolute atomic E-state index is 11.9. The molecule has 0 aliphatic rings. The van der Waals surface area contributed by atoms with Gasteiger partial charge in [0.25, 0.3) is 5.56 Å². The molecule has 0 aliphatic carbocycles. The van der Waals surface area contributed by atoms with Crippen LogP contribution in [0.15, 0.2) is 38.4 Å². The molecule has 0 atom stereocenters. The van der Waals surface area contributed by atoms with Crippen LogP contribution < -0.4 is 5.56 Å². The number of aromatic amines is 1. The van der Waals surface area contributed by atoms with Crippen molar-refractivity contribution in [1.29, 1.82) is 0 Å². The van der Waals surface area contributed by atoms with Crippen molar-refractivity contribution in [3.05, 3.63) is 54.2 Å². The van der Waals surface area contributed by atoms with Gasteiger partial charge in [-0.05, 0) is 52.8 Å². The van der Waals surface area contributed by atoms with Crippen molar-refractivity contribution in [2.24, 2.45) is 0 Å². The van der Waals surface area contributed by atoms with Gasteiger partial charge in [-0.15, -0.1) is 11.8 Å². The Labute approximate surface area is 144 Å². The third-order valence-corrected chi connectivity index (χ3v) is 5.27. The van der Waals surface area contributed by atoms with Crippen LogP contribution in [-0.4, -0.2) is 9.97 Å². The second-order valence-electron chi connectivity index (χ2n) is 4.61. The predicted octanol–water partition coefficient (Wildman–Crippen LogP) is 4.55. The lowest BCUT2D eigenvalue weighted by Crippen LogP contribution is -2.18. The summed E-state index contributed by atoms with van der Waals surface area (Å²) in [6.07, 6.45) is 0. The second-order valence-corrected chi connectivity index (χ2v) is 7.65. The van der Waals surface area contributed by atoms with Gasteiger partial charge in [0.2, 0.25) is 0 Å². The summed E-state index contributed by atoms with van der Waals surface area (Å²) in [6, 6.07) is 8.10. The van der Waals surface area contributed by atoms with E-state index < -0.39 is 0 Å². The lowest BCUT2D eigenvalue weighted by Gasteiger charge is -2.09. The monoisotopic (exact) mass is 464 g/mol. The molecular weight excluding hydrogens is 451 g/mol. The number of halogens is 2. The Balaban J connectivity index is 2.17. The quantitative estimate of drug-likeness (QED) is 0.533. The van der Waals surface area contributed by atoms with E-state index in [1.165, 1.54) is 0 Å². The van der Waals surface area contributed by atoms with Crippen LogP contribution >= 0.6 is 50.3 Å². The van der Waals surface area contributed by atoms with E-state index in [9.17, 15) is 4.79 Å². The van der Waals surface area contributed by atoms with Crippen molar-refractivity contribution >= 4 is 50.3 Å². The molecule has 6 heteroatoms. The number of hydrogen-bond acceptors (Lipinski definition) is 3. The standard InChI is InChI=1S/C14H14BrIN2OS/c1-8(2)13-12(16)14(19)18-11(17-13)7-20-10-5-3-9(15)4-6-10/h3-6,8H,7H2,1-2H3,(H,17,18,19). The first-order valence-electron chi connectivity index (χ1n) is 6.14. The van der Waals surface area contributed by atoms with Gasteiger partial charge in [0.1, 0.15) is 5.82 Å². The van der Waals surface area contributed by atoms with Crippen LogP contribution in [0.2, 0.25) is 0 Å². The number of rotatable bonds is 4. The Bertz CT molecular complexity index is 655. The van der Waals surface area contributed by atoms with E-state index >= 15 is 0 Å². The fraction of sp³-hybridized carbons (Fsp3) is 0.286. The fourth-order valence-corrected chi connectivity index (χ4v) is 3.57. The highest BCUT2D eigenvalue weighted by atomic mass is 127. The van der Waals surface area contributed by atoms with E-state index in [1.54, 1.807) is 11.8 Å². The first-order valence-corrected chi connectivity index (χ1v) is 9.00. The summed E-state index contributed by atoms with van der Waals surface area (Å²) >= 11 is 7.14. The molecule has 0 unspecified atom stereocenters. The highest BCUT2D eigenvalue weighted by molar-refractivity contribution is 14.1. The van der Waals surface area contributed by atoms with Crippen LogP contribution in [0.1, 0.15) is 31.3 Å². The molecule has 20 heavy (non-hydrogen) atoms. The van der Waals surface area contributed by atoms with Crippen LogP contribution in [0.25, 0.3) is 0 Å². The average molecular weight is 465 g/mol. The summed E-state index contributed by atoms with van der Waals surface area (Å²) in [5.41, 5.74) is 0.830. The Kier molecular flexibility index (Phi) is 5.68. The molecule has 0 radical (unpaired) electrons. The van der Waals surface area contributed by atoms with E-state index in [4.69, 9.17) is 0 Å². The van der Waals surface area contributed by atoms with E-state index in [0.29, 0.717) is 9.32 Å². The SMILES string of the molecule is CC(C)c1nc(CSc2ccc(Br)cc2)[nH]c(=O)c1I. The topological polar surface area (TPSA) is 45.8 Å². The van der Waals surface area contributed by atoms with Crippen molar-refractivity contribution in [2.75, 3.05) is 0 Å². The molecule has 0 amide bonds. The van der Waals surface area contributed by atoms with Gasteiger partial charge in [-0.25, -0.2) is 4.98 Å². The van der Waals surface area contributed by atoms with Crippen LogP contribution in [0, 0.1) is 3.57 Å². The minimum atomic E-state index is -0.0456. The molecule has 0 bridgehead atoms. The van der Waals surface area contributed by atoms with Crippen molar-refractivity contribution < 1.29 is 0 Å². The van der Waals surface area contributed by atoms with E-state index in [0.717, 1.165) is 20.9 Å². The van der Waals surface area contributed by atoms with Crippen molar-refractivity contribution in [1.82, 2.24) is 9.97 Å². The number of thioether (sulfide) groups is 1. The maximum atomic E-state index is 11.9. The Hall–Kier alpha value is -0.340. The molecule has 2 rings (SSSR count). The lowest BCUT2D eigenvalue weighted by molar-refractivity contribution is 0.783. The third kappa shape index (κ3) is 4.08. The van der Waals surface area contributed by atoms with Gasteiger partial charge in [0.15, 0.2) is 0 Å². The molecule has 1 aromatic heterocycles. The molecule has 1 heterocycles. The Morgan fingerprint density at radius 3 is 2.60 bits per heavy atom. The number of benzene rings is 1.